The molecule has 1 heterocycles. The second-order valence-corrected chi connectivity index (χ2v) is 3.88. The lowest BCUT2D eigenvalue weighted by molar-refractivity contribution is 0.0824. The van der Waals surface area contributed by atoms with Gasteiger partial charge in [-0.2, -0.15) is 0 Å². The molecule has 0 aromatic carbocycles. The van der Waals surface area contributed by atoms with E-state index in [9.17, 15) is 0 Å². The third-order valence-corrected chi connectivity index (χ3v) is 3.16. The first-order valence-electron chi connectivity index (χ1n) is 4.40. The zero-order valence-corrected chi connectivity index (χ0v) is 7.21. The fourth-order valence-electron chi connectivity index (χ4n) is 1.98. The van der Waals surface area contributed by atoms with Gasteiger partial charge in [0.15, 0.2) is 0 Å². The van der Waals surface area contributed by atoms with E-state index < -0.39 is 0 Å². The number of likely N-dealkylation sites (N-methyl/N-ethyl adjacent to an activating group) is 1. The predicted molar refractivity (Wildman–Crippen MR) is 45.2 cm³/mol. The van der Waals surface area contributed by atoms with Crippen LogP contribution in [-0.2, 0) is 0 Å². The molecule has 2 fully saturated rings. The molecule has 0 atom stereocenters. The van der Waals surface area contributed by atoms with E-state index >= 15 is 0 Å². The molecule has 1 spiro atoms. The van der Waals surface area contributed by atoms with Crippen LogP contribution in [0.15, 0.2) is 0 Å². The number of nitrogens with two attached hydrogens (primary N) is 1. The molecule has 1 saturated carbocycles. The Bertz CT molecular complexity index is 153. The van der Waals surface area contributed by atoms with Crippen molar-refractivity contribution in [3.63, 3.8) is 0 Å². The molecule has 3 heteroatoms. The second kappa shape index (κ2) is 2.44. The summed E-state index contributed by atoms with van der Waals surface area (Å²) in [5.41, 5.74) is 6.14. The molecule has 0 bridgehead atoms. The van der Waals surface area contributed by atoms with Gasteiger partial charge in [0.25, 0.3) is 0 Å². The fraction of sp³-hybridized carbons (Fsp3) is 1.00. The Morgan fingerprint density at radius 1 is 1.36 bits per heavy atom. The van der Waals surface area contributed by atoms with Gasteiger partial charge in [0.05, 0.1) is 0 Å². The van der Waals surface area contributed by atoms with Crippen molar-refractivity contribution < 1.29 is 0 Å². The van der Waals surface area contributed by atoms with E-state index in [0.29, 0.717) is 5.54 Å². The summed E-state index contributed by atoms with van der Waals surface area (Å²) < 4.78 is 0. The summed E-state index contributed by atoms with van der Waals surface area (Å²) in [6, 6.07) is 0. The van der Waals surface area contributed by atoms with Crippen LogP contribution < -0.4 is 5.73 Å². The minimum absolute atomic E-state index is 0.539. The Hall–Kier alpha value is -0.120. The van der Waals surface area contributed by atoms with E-state index in [4.69, 9.17) is 5.73 Å². The van der Waals surface area contributed by atoms with E-state index in [0.717, 1.165) is 13.2 Å². The SMILES string of the molecule is CN1CCN(CN)CC12CC2. The van der Waals surface area contributed by atoms with Gasteiger partial charge in [0, 0.05) is 31.8 Å². The summed E-state index contributed by atoms with van der Waals surface area (Å²) in [6.45, 7) is 4.27. The van der Waals surface area contributed by atoms with Crippen LogP contribution in [0.5, 0.6) is 0 Å². The van der Waals surface area contributed by atoms with Crippen LogP contribution in [0, 0.1) is 0 Å². The molecular formula is C8H17N3. The number of nitrogens with zero attached hydrogens (tertiary/aromatic N) is 2. The zero-order valence-electron chi connectivity index (χ0n) is 7.21. The van der Waals surface area contributed by atoms with Crippen molar-refractivity contribution >= 4 is 0 Å². The highest BCUT2D eigenvalue weighted by atomic mass is 15.3. The standard InChI is InChI=1S/C8H17N3/c1-10-4-5-11(7-9)6-8(10)2-3-8/h2-7,9H2,1H3. The summed E-state index contributed by atoms with van der Waals surface area (Å²) in [6.07, 6.45) is 2.75. The summed E-state index contributed by atoms with van der Waals surface area (Å²) in [7, 11) is 2.24. The summed E-state index contributed by atoms with van der Waals surface area (Å²) in [4.78, 5) is 4.85. The minimum atomic E-state index is 0.539. The van der Waals surface area contributed by atoms with Crippen LogP contribution in [0.2, 0.25) is 0 Å². The number of piperazine rings is 1. The van der Waals surface area contributed by atoms with Gasteiger partial charge >= 0.3 is 0 Å². The molecule has 64 valence electrons. The molecule has 0 unspecified atom stereocenters. The van der Waals surface area contributed by atoms with Crippen molar-refractivity contribution in [3.8, 4) is 0 Å². The third-order valence-electron chi connectivity index (χ3n) is 3.16. The lowest BCUT2D eigenvalue weighted by atomic mass is 10.1. The average molecular weight is 155 g/mol. The largest absolute Gasteiger partial charge is 0.318 e. The topological polar surface area (TPSA) is 32.5 Å². The van der Waals surface area contributed by atoms with Crippen molar-refractivity contribution in [1.82, 2.24) is 9.80 Å². The molecule has 2 N–H and O–H groups in total. The monoisotopic (exact) mass is 155 g/mol. The Labute approximate surface area is 68.1 Å². The van der Waals surface area contributed by atoms with Crippen molar-refractivity contribution in [3.05, 3.63) is 0 Å². The summed E-state index contributed by atoms with van der Waals surface area (Å²) in [5.74, 6) is 0. The highest BCUT2D eigenvalue weighted by molar-refractivity contribution is 5.06. The highest BCUT2D eigenvalue weighted by Crippen LogP contribution is 2.42. The van der Waals surface area contributed by atoms with E-state index in [2.05, 4.69) is 16.8 Å². The van der Waals surface area contributed by atoms with Crippen LogP contribution >= 0.6 is 0 Å². The Kier molecular flexibility index (Phi) is 1.67. The summed E-state index contributed by atoms with van der Waals surface area (Å²) in [5, 5.41) is 0. The zero-order chi connectivity index (χ0) is 7.90. The maximum absolute atomic E-state index is 5.60. The molecule has 3 nitrogen and oxygen atoms in total. The molecule has 0 radical (unpaired) electrons. The number of rotatable bonds is 1. The van der Waals surface area contributed by atoms with Gasteiger partial charge in [-0.3, -0.25) is 9.80 Å². The van der Waals surface area contributed by atoms with Crippen molar-refractivity contribution in [2.75, 3.05) is 33.4 Å². The second-order valence-electron chi connectivity index (χ2n) is 3.88. The molecule has 1 aliphatic heterocycles. The Morgan fingerprint density at radius 3 is 2.64 bits per heavy atom. The van der Waals surface area contributed by atoms with Crippen LogP contribution in [0.1, 0.15) is 12.8 Å². The lowest BCUT2D eigenvalue weighted by Gasteiger charge is -2.39. The van der Waals surface area contributed by atoms with Gasteiger partial charge in [0.1, 0.15) is 0 Å². The van der Waals surface area contributed by atoms with E-state index in [-0.39, 0.29) is 0 Å². The van der Waals surface area contributed by atoms with Gasteiger partial charge in [-0.15, -0.1) is 0 Å². The lowest BCUT2D eigenvalue weighted by Crippen LogP contribution is -2.54. The number of hydrogen-bond acceptors (Lipinski definition) is 3. The van der Waals surface area contributed by atoms with Crippen molar-refractivity contribution in [2.24, 2.45) is 5.73 Å². The molecule has 1 saturated heterocycles. The molecule has 0 aromatic heterocycles. The average Bonchev–Trinajstić information content (AvgIpc) is 2.77. The van der Waals surface area contributed by atoms with Gasteiger partial charge in [-0.05, 0) is 19.9 Å². The first kappa shape index (κ1) is 7.53. The maximum atomic E-state index is 5.60. The fourth-order valence-corrected chi connectivity index (χ4v) is 1.98. The van der Waals surface area contributed by atoms with Gasteiger partial charge < -0.3 is 5.73 Å². The van der Waals surface area contributed by atoms with Crippen LogP contribution in [0.4, 0.5) is 0 Å². The minimum Gasteiger partial charge on any atom is -0.318 e. The highest BCUT2D eigenvalue weighted by Gasteiger charge is 2.48. The van der Waals surface area contributed by atoms with Gasteiger partial charge in [-0.25, -0.2) is 0 Å². The van der Waals surface area contributed by atoms with Crippen molar-refractivity contribution in [2.45, 2.75) is 18.4 Å². The Morgan fingerprint density at radius 2 is 2.09 bits per heavy atom. The van der Waals surface area contributed by atoms with E-state index in [1.165, 1.54) is 25.9 Å². The van der Waals surface area contributed by atoms with E-state index in [1.54, 1.807) is 0 Å². The normalized spacial score (nSPS) is 31.1. The molecular weight excluding hydrogens is 138 g/mol. The molecule has 11 heavy (non-hydrogen) atoms. The Balaban J connectivity index is 1.98. The first-order valence-corrected chi connectivity index (χ1v) is 4.40. The molecule has 0 amide bonds. The van der Waals surface area contributed by atoms with E-state index in [1.807, 2.05) is 0 Å². The van der Waals surface area contributed by atoms with Crippen LogP contribution in [0.25, 0.3) is 0 Å². The molecule has 0 aromatic rings. The predicted octanol–water partition coefficient (Wildman–Crippen LogP) is -0.317. The smallest absolute Gasteiger partial charge is 0.0456 e. The van der Waals surface area contributed by atoms with Crippen LogP contribution in [0.3, 0.4) is 0 Å². The molecule has 2 rings (SSSR count). The quantitative estimate of drug-likeness (QED) is 0.563. The maximum Gasteiger partial charge on any atom is 0.0456 e. The van der Waals surface area contributed by atoms with Crippen molar-refractivity contribution in [1.29, 1.82) is 0 Å². The van der Waals surface area contributed by atoms with Crippen LogP contribution in [-0.4, -0.2) is 48.7 Å². The van der Waals surface area contributed by atoms with Gasteiger partial charge in [0.2, 0.25) is 0 Å². The molecule has 1 aliphatic carbocycles. The summed E-state index contributed by atoms with van der Waals surface area (Å²) >= 11 is 0. The third kappa shape index (κ3) is 1.17. The number of hydrogen-bond donors (Lipinski definition) is 1. The first-order chi connectivity index (χ1) is 5.27. The molecule has 2 aliphatic rings. The van der Waals surface area contributed by atoms with Gasteiger partial charge in [-0.1, -0.05) is 0 Å².